The second-order valence-corrected chi connectivity index (χ2v) is 9.10. The van der Waals surface area contributed by atoms with E-state index in [2.05, 4.69) is 15.6 Å². The molecule has 2 aromatic carbocycles. The number of aliphatic imine (C=N–C) groups is 1. The van der Waals surface area contributed by atoms with Gasteiger partial charge in [0, 0.05) is 32.3 Å². The fourth-order valence-corrected chi connectivity index (χ4v) is 4.24. The van der Waals surface area contributed by atoms with Crippen LogP contribution in [0.25, 0.3) is 0 Å². The van der Waals surface area contributed by atoms with Crippen LogP contribution >= 0.6 is 24.0 Å². The van der Waals surface area contributed by atoms with Crippen molar-refractivity contribution in [1.29, 1.82) is 0 Å². The van der Waals surface area contributed by atoms with Gasteiger partial charge in [-0.1, -0.05) is 30.3 Å². The van der Waals surface area contributed by atoms with Crippen molar-refractivity contribution in [2.24, 2.45) is 4.99 Å². The lowest BCUT2D eigenvalue weighted by Gasteiger charge is -2.15. The van der Waals surface area contributed by atoms with Crippen molar-refractivity contribution in [3.63, 3.8) is 0 Å². The van der Waals surface area contributed by atoms with Gasteiger partial charge >= 0.3 is 0 Å². The number of sulfone groups is 1. The molecular weight excluding hydrogens is 541 g/mol. The van der Waals surface area contributed by atoms with Gasteiger partial charge in [-0.05, 0) is 44.0 Å². The van der Waals surface area contributed by atoms with Gasteiger partial charge in [0.1, 0.15) is 12.4 Å². The van der Waals surface area contributed by atoms with E-state index in [1.807, 2.05) is 32.0 Å². The molecular formula is C23H34IN3O4S. The third kappa shape index (κ3) is 9.74. The largest absolute Gasteiger partial charge is 0.491 e. The normalized spacial score (nSPS) is 11.5. The van der Waals surface area contributed by atoms with E-state index in [0.717, 1.165) is 16.9 Å². The van der Waals surface area contributed by atoms with Gasteiger partial charge in [0.2, 0.25) is 0 Å². The lowest BCUT2D eigenvalue weighted by molar-refractivity contribution is 0.110. The summed E-state index contributed by atoms with van der Waals surface area (Å²) in [6.45, 7) is 6.72. The minimum Gasteiger partial charge on any atom is -0.491 e. The van der Waals surface area contributed by atoms with Crippen LogP contribution in [0, 0.1) is 6.92 Å². The molecule has 0 amide bonds. The number of rotatable bonds is 12. The summed E-state index contributed by atoms with van der Waals surface area (Å²) in [4.78, 5) is 4.57. The summed E-state index contributed by atoms with van der Waals surface area (Å²) in [6.07, 6.45) is 0.480. The van der Waals surface area contributed by atoms with E-state index in [-0.39, 0.29) is 29.7 Å². The maximum absolute atomic E-state index is 12.4. The lowest BCUT2D eigenvalue weighted by atomic mass is 10.1. The van der Waals surface area contributed by atoms with Crippen molar-refractivity contribution >= 4 is 39.8 Å². The fraction of sp³-hybridized carbons (Fsp3) is 0.435. The molecule has 0 saturated carbocycles. The summed E-state index contributed by atoms with van der Waals surface area (Å²) in [5.41, 5.74) is 2.13. The Kier molecular flexibility index (Phi) is 13.3. The molecule has 2 N–H and O–H groups in total. The van der Waals surface area contributed by atoms with Gasteiger partial charge in [0.05, 0.1) is 17.3 Å². The summed E-state index contributed by atoms with van der Waals surface area (Å²) in [7, 11) is -1.58. The van der Waals surface area contributed by atoms with E-state index in [4.69, 9.17) is 9.47 Å². The van der Waals surface area contributed by atoms with Crippen LogP contribution in [0.2, 0.25) is 0 Å². The van der Waals surface area contributed by atoms with Gasteiger partial charge in [-0.2, -0.15) is 0 Å². The van der Waals surface area contributed by atoms with Crippen LogP contribution < -0.4 is 15.4 Å². The Bertz CT molecular complexity index is 938. The molecule has 0 aliphatic carbocycles. The van der Waals surface area contributed by atoms with Crippen molar-refractivity contribution in [3.05, 3.63) is 59.7 Å². The minimum atomic E-state index is -3.27. The second-order valence-electron chi connectivity index (χ2n) is 6.99. The second kappa shape index (κ2) is 15.1. The number of hydrogen-bond acceptors (Lipinski definition) is 5. The van der Waals surface area contributed by atoms with Gasteiger partial charge in [0.15, 0.2) is 15.8 Å². The van der Waals surface area contributed by atoms with Crippen LogP contribution in [0.4, 0.5) is 0 Å². The molecule has 9 heteroatoms. The number of nitrogens with one attached hydrogen (secondary N) is 2. The van der Waals surface area contributed by atoms with Crippen LogP contribution in [0.1, 0.15) is 24.5 Å². The molecule has 0 saturated heterocycles. The Morgan fingerprint density at radius 2 is 1.81 bits per heavy atom. The summed E-state index contributed by atoms with van der Waals surface area (Å²) < 4.78 is 35.9. The van der Waals surface area contributed by atoms with E-state index in [1.54, 1.807) is 37.4 Å². The van der Waals surface area contributed by atoms with Gasteiger partial charge in [-0.25, -0.2) is 8.42 Å². The van der Waals surface area contributed by atoms with Crippen LogP contribution in [0.5, 0.6) is 5.75 Å². The quantitative estimate of drug-likeness (QED) is 0.174. The number of halogens is 1. The van der Waals surface area contributed by atoms with E-state index in [1.165, 1.54) is 0 Å². The smallest absolute Gasteiger partial charge is 0.191 e. The van der Waals surface area contributed by atoms with Crippen molar-refractivity contribution < 1.29 is 17.9 Å². The van der Waals surface area contributed by atoms with Crippen molar-refractivity contribution in [2.45, 2.75) is 31.7 Å². The Labute approximate surface area is 208 Å². The topological polar surface area (TPSA) is 89.0 Å². The average molecular weight is 576 g/mol. The highest BCUT2D eigenvalue weighted by Gasteiger charge is 2.13. The van der Waals surface area contributed by atoms with E-state index in [0.29, 0.717) is 50.2 Å². The van der Waals surface area contributed by atoms with Crippen LogP contribution in [0.15, 0.2) is 58.4 Å². The zero-order chi connectivity index (χ0) is 22.5. The highest BCUT2D eigenvalue weighted by atomic mass is 127. The predicted molar refractivity (Wildman–Crippen MR) is 140 cm³/mol. The van der Waals surface area contributed by atoms with Crippen molar-refractivity contribution in [1.82, 2.24) is 10.6 Å². The van der Waals surface area contributed by atoms with Crippen molar-refractivity contribution in [3.8, 4) is 5.75 Å². The molecule has 32 heavy (non-hydrogen) atoms. The van der Waals surface area contributed by atoms with Gasteiger partial charge in [-0.15, -0.1) is 24.0 Å². The first kappa shape index (κ1) is 28.2. The fourth-order valence-electron chi connectivity index (χ4n) is 2.91. The number of benzene rings is 2. The summed E-state index contributed by atoms with van der Waals surface area (Å²) >= 11 is 0. The van der Waals surface area contributed by atoms with Crippen LogP contribution in [0.3, 0.4) is 0 Å². The molecule has 0 atom stereocenters. The van der Waals surface area contributed by atoms with E-state index >= 15 is 0 Å². The van der Waals surface area contributed by atoms with Gasteiger partial charge < -0.3 is 20.1 Å². The molecule has 0 heterocycles. The molecule has 0 aliphatic heterocycles. The highest BCUT2D eigenvalue weighted by molar-refractivity contribution is 14.0. The maximum Gasteiger partial charge on any atom is 0.191 e. The van der Waals surface area contributed by atoms with Crippen LogP contribution in [-0.4, -0.2) is 53.5 Å². The first-order valence-electron chi connectivity index (χ1n) is 10.5. The first-order chi connectivity index (χ1) is 15.0. The van der Waals surface area contributed by atoms with Crippen LogP contribution in [-0.2, 0) is 21.1 Å². The third-order valence-electron chi connectivity index (χ3n) is 4.57. The lowest BCUT2D eigenvalue weighted by Crippen LogP contribution is -2.37. The monoisotopic (exact) mass is 575 g/mol. The Balaban J connectivity index is 0.00000512. The molecule has 2 rings (SSSR count). The molecule has 7 nitrogen and oxygen atoms in total. The Morgan fingerprint density at radius 1 is 1.06 bits per heavy atom. The van der Waals surface area contributed by atoms with E-state index in [9.17, 15) is 8.42 Å². The van der Waals surface area contributed by atoms with Gasteiger partial charge in [0.25, 0.3) is 0 Å². The molecule has 0 bridgehead atoms. The first-order valence-corrected chi connectivity index (χ1v) is 12.1. The molecule has 0 unspecified atom stereocenters. The summed E-state index contributed by atoms with van der Waals surface area (Å²) in [5, 5.41) is 6.42. The average Bonchev–Trinajstić information content (AvgIpc) is 2.78. The molecule has 0 fully saturated rings. The number of ether oxygens (including phenoxy) is 2. The molecule has 0 spiro atoms. The molecule has 0 aliphatic rings. The molecule has 178 valence electrons. The SMILES string of the molecule is CCOCCOc1cc(C)ccc1CNC(=NC)NCCCS(=O)(=O)c1ccccc1.I. The zero-order valence-electron chi connectivity index (χ0n) is 19.0. The van der Waals surface area contributed by atoms with E-state index < -0.39 is 9.84 Å². The third-order valence-corrected chi connectivity index (χ3v) is 6.38. The molecule has 0 aromatic heterocycles. The zero-order valence-corrected chi connectivity index (χ0v) is 22.1. The highest BCUT2D eigenvalue weighted by Crippen LogP contribution is 2.20. The minimum absolute atomic E-state index is 0. The number of hydrogen-bond donors (Lipinski definition) is 2. The Hall–Kier alpha value is -1.85. The van der Waals surface area contributed by atoms with Crippen molar-refractivity contribution in [2.75, 3.05) is 39.2 Å². The standard InChI is InChI=1S/C23H33N3O4S.HI/c1-4-29-14-15-30-22-17-19(2)11-12-20(22)18-26-23(24-3)25-13-8-16-31(27,28)21-9-6-5-7-10-21;/h5-7,9-12,17H,4,8,13-16,18H2,1-3H3,(H2,24,25,26);1H. The summed E-state index contributed by atoms with van der Waals surface area (Å²) in [6, 6.07) is 14.6. The summed E-state index contributed by atoms with van der Waals surface area (Å²) in [5.74, 6) is 1.51. The molecule has 0 radical (unpaired) electrons. The van der Waals surface area contributed by atoms with Gasteiger partial charge in [-0.3, -0.25) is 4.99 Å². The number of nitrogens with zero attached hydrogens (tertiary/aromatic N) is 1. The molecule has 2 aromatic rings. The maximum atomic E-state index is 12.4. The number of aryl methyl sites for hydroxylation is 1. The predicted octanol–water partition coefficient (Wildman–Crippen LogP) is 3.56. The Morgan fingerprint density at radius 3 is 2.50 bits per heavy atom. The number of guanidine groups is 1.